The van der Waals surface area contributed by atoms with E-state index < -0.39 is 0 Å². The lowest BCUT2D eigenvalue weighted by Crippen LogP contribution is -2.11. The van der Waals surface area contributed by atoms with Crippen LogP contribution in [0.15, 0.2) is 42.5 Å². The van der Waals surface area contributed by atoms with Gasteiger partial charge in [-0.25, -0.2) is 0 Å². The van der Waals surface area contributed by atoms with E-state index in [0.29, 0.717) is 22.7 Å². The number of benzene rings is 2. The van der Waals surface area contributed by atoms with Crippen molar-refractivity contribution in [3.8, 4) is 11.5 Å². The molecule has 1 heterocycles. The average Bonchev–Trinajstić information content (AvgIpc) is 2.95. The molecule has 2 N–H and O–H groups in total. The molecule has 0 bridgehead atoms. The molecular formula is C15H13NO4. The Labute approximate surface area is 115 Å². The Morgan fingerprint density at radius 3 is 2.60 bits per heavy atom. The van der Waals surface area contributed by atoms with Crippen molar-refractivity contribution < 1.29 is 19.4 Å². The first kappa shape index (κ1) is 12.5. The van der Waals surface area contributed by atoms with Gasteiger partial charge in [-0.15, -0.1) is 0 Å². The van der Waals surface area contributed by atoms with Crippen LogP contribution in [-0.4, -0.2) is 17.8 Å². The van der Waals surface area contributed by atoms with Crippen LogP contribution in [0.4, 0.5) is 5.69 Å². The molecule has 0 spiro atoms. The minimum Gasteiger partial charge on any atom is -0.454 e. The number of aliphatic hydroxyl groups excluding tert-OH is 1. The van der Waals surface area contributed by atoms with Crippen molar-refractivity contribution in [1.29, 1.82) is 0 Å². The summed E-state index contributed by atoms with van der Waals surface area (Å²) in [5.41, 5.74) is 1.94. The molecular weight excluding hydrogens is 258 g/mol. The fourth-order valence-corrected chi connectivity index (χ4v) is 1.94. The molecule has 20 heavy (non-hydrogen) atoms. The molecule has 2 aromatic carbocycles. The first-order chi connectivity index (χ1) is 9.76. The summed E-state index contributed by atoms with van der Waals surface area (Å²) in [6, 6.07) is 12.0. The number of rotatable bonds is 3. The van der Waals surface area contributed by atoms with Crippen molar-refractivity contribution in [2.75, 3.05) is 12.1 Å². The molecule has 0 atom stereocenters. The Kier molecular flexibility index (Phi) is 3.26. The van der Waals surface area contributed by atoms with Gasteiger partial charge in [-0.3, -0.25) is 4.79 Å². The number of aliphatic hydroxyl groups is 1. The SMILES string of the molecule is O=C(Nc1ccc2c(c1)OCO2)c1ccc(CO)cc1. The molecule has 1 amide bonds. The highest BCUT2D eigenvalue weighted by Gasteiger charge is 2.14. The standard InChI is InChI=1S/C15H13NO4/c17-8-10-1-3-11(4-2-10)15(18)16-12-5-6-13-14(7-12)20-9-19-13/h1-7,17H,8-9H2,(H,16,18). The van der Waals surface area contributed by atoms with Gasteiger partial charge in [-0.05, 0) is 29.8 Å². The van der Waals surface area contributed by atoms with E-state index in [9.17, 15) is 4.79 Å². The number of hydrogen-bond acceptors (Lipinski definition) is 4. The highest BCUT2D eigenvalue weighted by Crippen LogP contribution is 2.34. The molecule has 0 saturated heterocycles. The van der Waals surface area contributed by atoms with Crippen LogP contribution in [0.2, 0.25) is 0 Å². The second-order valence-electron chi connectivity index (χ2n) is 4.38. The molecule has 0 unspecified atom stereocenters. The van der Waals surface area contributed by atoms with Crippen LogP contribution >= 0.6 is 0 Å². The molecule has 1 aliphatic rings. The molecule has 2 aromatic rings. The van der Waals surface area contributed by atoms with Crippen molar-refractivity contribution >= 4 is 11.6 Å². The summed E-state index contributed by atoms with van der Waals surface area (Å²) in [6.45, 7) is 0.166. The maximum atomic E-state index is 12.1. The number of amides is 1. The smallest absolute Gasteiger partial charge is 0.255 e. The van der Waals surface area contributed by atoms with E-state index >= 15 is 0 Å². The molecule has 0 aliphatic carbocycles. The lowest BCUT2D eigenvalue weighted by molar-refractivity contribution is 0.102. The van der Waals surface area contributed by atoms with Gasteiger partial charge in [0.1, 0.15) is 0 Å². The quantitative estimate of drug-likeness (QED) is 0.897. The summed E-state index contributed by atoms with van der Waals surface area (Å²) in [4.78, 5) is 12.1. The second kappa shape index (κ2) is 5.22. The van der Waals surface area contributed by atoms with Crippen LogP contribution < -0.4 is 14.8 Å². The molecule has 0 fully saturated rings. The van der Waals surface area contributed by atoms with Crippen molar-refractivity contribution in [3.63, 3.8) is 0 Å². The summed E-state index contributed by atoms with van der Waals surface area (Å²) in [5.74, 6) is 1.09. The number of hydrogen-bond donors (Lipinski definition) is 2. The monoisotopic (exact) mass is 271 g/mol. The van der Waals surface area contributed by atoms with Crippen LogP contribution in [-0.2, 0) is 6.61 Å². The van der Waals surface area contributed by atoms with Crippen LogP contribution in [0.1, 0.15) is 15.9 Å². The van der Waals surface area contributed by atoms with E-state index in [1.807, 2.05) is 0 Å². The lowest BCUT2D eigenvalue weighted by atomic mass is 10.1. The van der Waals surface area contributed by atoms with Gasteiger partial charge < -0.3 is 19.9 Å². The van der Waals surface area contributed by atoms with Gasteiger partial charge in [0.05, 0.1) is 6.61 Å². The minimum absolute atomic E-state index is 0.0376. The molecule has 0 aromatic heterocycles. The van der Waals surface area contributed by atoms with Gasteiger partial charge >= 0.3 is 0 Å². The van der Waals surface area contributed by atoms with Crippen LogP contribution in [0.3, 0.4) is 0 Å². The van der Waals surface area contributed by atoms with Crippen molar-refractivity contribution in [2.45, 2.75) is 6.61 Å². The normalized spacial score (nSPS) is 12.2. The van der Waals surface area contributed by atoms with Gasteiger partial charge in [0.15, 0.2) is 11.5 Å². The third kappa shape index (κ3) is 2.44. The fraction of sp³-hybridized carbons (Fsp3) is 0.133. The fourth-order valence-electron chi connectivity index (χ4n) is 1.94. The maximum absolute atomic E-state index is 12.1. The van der Waals surface area contributed by atoms with Crippen LogP contribution in [0.5, 0.6) is 11.5 Å². The molecule has 102 valence electrons. The molecule has 0 saturated carbocycles. The number of fused-ring (bicyclic) bond motifs is 1. The zero-order valence-electron chi connectivity index (χ0n) is 10.6. The Hall–Kier alpha value is -2.53. The first-order valence-electron chi connectivity index (χ1n) is 6.17. The molecule has 5 nitrogen and oxygen atoms in total. The van der Waals surface area contributed by atoms with Crippen LogP contribution in [0.25, 0.3) is 0 Å². The Morgan fingerprint density at radius 1 is 1.10 bits per heavy atom. The highest BCUT2D eigenvalue weighted by atomic mass is 16.7. The summed E-state index contributed by atoms with van der Waals surface area (Å²) in [5, 5.41) is 11.8. The Balaban J connectivity index is 1.75. The van der Waals surface area contributed by atoms with Gasteiger partial charge in [0, 0.05) is 17.3 Å². The zero-order valence-corrected chi connectivity index (χ0v) is 10.6. The Morgan fingerprint density at radius 2 is 1.85 bits per heavy atom. The van der Waals surface area contributed by atoms with Crippen molar-refractivity contribution in [3.05, 3.63) is 53.6 Å². The average molecular weight is 271 g/mol. The van der Waals surface area contributed by atoms with E-state index in [1.165, 1.54) is 0 Å². The van der Waals surface area contributed by atoms with Crippen molar-refractivity contribution in [2.24, 2.45) is 0 Å². The Bertz CT molecular complexity index is 637. The van der Waals surface area contributed by atoms with Gasteiger partial charge in [0.25, 0.3) is 5.91 Å². The maximum Gasteiger partial charge on any atom is 0.255 e. The van der Waals surface area contributed by atoms with Gasteiger partial charge in [-0.1, -0.05) is 12.1 Å². The van der Waals surface area contributed by atoms with Crippen LogP contribution in [0, 0.1) is 0 Å². The summed E-state index contributed by atoms with van der Waals surface area (Å²) in [7, 11) is 0. The number of carbonyl (C=O) groups is 1. The van der Waals surface area contributed by atoms with E-state index in [0.717, 1.165) is 5.56 Å². The van der Waals surface area contributed by atoms with Crippen molar-refractivity contribution in [1.82, 2.24) is 0 Å². The van der Waals surface area contributed by atoms with Gasteiger partial charge in [-0.2, -0.15) is 0 Å². The summed E-state index contributed by atoms with van der Waals surface area (Å²) >= 11 is 0. The number of anilines is 1. The molecule has 0 radical (unpaired) electrons. The minimum atomic E-state index is -0.214. The predicted octanol–water partition coefficient (Wildman–Crippen LogP) is 2.16. The number of ether oxygens (including phenoxy) is 2. The molecule has 1 aliphatic heterocycles. The highest BCUT2D eigenvalue weighted by molar-refractivity contribution is 6.04. The molecule has 3 rings (SSSR count). The largest absolute Gasteiger partial charge is 0.454 e. The molecule has 5 heteroatoms. The van der Waals surface area contributed by atoms with E-state index in [2.05, 4.69) is 5.32 Å². The van der Waals surface area contributed by atoms with E-state index in [4.69, 9.17) is 14.6 Å². The summed E-state index contributed by atoms with van der Waals surface area (Å²) in [6.07, 6.45) is 0. The van der Waals surface area contributed by atoms with E-state index in [1.54, 1.807) is 42.5 Å². The second-order valence-corrected chi connectivity index (χ2v) is 4.38. The summed E-state index contributed by atoms with van der Waals surface area (Å²) < 4.78 is 10.5. The topological polar surface area (TPSA) is 67.8 Å². The third-order valence-electron chi connectivity index (χ3n) is 3.03. The first-order valence-corrected chi connectivity index (χ1v) is 6.17. The number of nitrogens with one attached hydrogen (secondary N) is 1. The zero-order chi connectivity index (χ0) is 13.9. The van der Waals surface area contributed by atoms with Gasteiger partial charge in [0.2, 0.25) is 6.79 Å². The third-order valence-corrected chi connectivity index (χ3v) is 3.03. The predicted molar refractivity (Wildman–Crippen MR) is 72.9 cm³/mol. The lowest BCUT2D eigenvalue weighted by Gasteiger charge is -2.06. The van der Waals surface area contributed by atoms with E-state index in [-0.39, 0.29) is 19.3 Å². The number of carbonyl (C=O) groups excluding carboxylic acids is 1.